The van der Waals surface area contributed by atoms with Crippen molar-refractivity contribution in [2.24, 2.45) is 0 Å². The first kappa shape index (κ1) is 19.1. The Labute approximate surface area is 145 Å². The molecule has 1 fully saturated rings. The van der Waals surface area contributed by atoms with Crippen molar-refractivity contribution in [1.82, 2.24) is 15.5 Å². The summed E-state index contributed by atoms with van der Waals surface area (Å²) < 4.78 is 29.5. The van der Waals surface area contributed by atoms with Crippen LogP contribution in [-0.2, 0) is 4.79 Å². The molecule has 0 aromatic heterocycles. The fourth-order valence-electron chi connectivity index (χ4n) is 2.75. The lowest BCUT2D eigenvalue weighted by atomic mass is 10.1. The number of carbonyl (C=O) groups is 2. The third-order valence-electron chi connectivity index (χ3n) is 4.23. The van der Waals surface area contributed by atoms with Crippen LogP contribution in [0.2, 0.25) is 0 Å². The van der Waals surface area contributed by atoms with Crippen LogP contribution >= 0.6 is 0 Å². The van der Waals surface area contributed by atoms with E-state index in [1.54, 1.807) is 13.1 Å². The standard InChI is InChI=1S/C17H23F2N3O3/c1-11(20-2)10-21-15(23)13-7-5-9-22(13)16(24)12-6-3-4-8-14(12)25-17(18)19/h3-4,6,8,11,13,17,20H,5,7,9-10H2,1-2H3,(H,21,23). The monoisotopic (exact) mass is 355 g/mol. The highest BCUT2D eigenvalue weighted by atomic mass is 19.3. The molecule has 1 aromatic rings. The molecule has 0 radical (unpaired) electrons. The van der Waals surface area contributed by atoms with Crippen LogP contribution < -0.4 is 15.4 Å². The Bertz CT molecular complexity index is 613. The summed E-state index contributed by atoms with van der Waals surface area (Å²) in [5, 5.41) is 5.83. The maximum Gasteiger partial charge on any atom is 0.387 e. The van der Waals surface area contributed by atoms with Crippen molar-refractivity contribution >= 4 is 11.8 Å². The highest BCUT2D eigenvalue weighted by molar-refractivity contribution is 6.00. The van der Waals surface area contributed by atoms with Crippen molar-refractivity contribution in [2.45, 2.75) is 38.5 Å². The molecular formula is C17H23F2N3O3. The van der Waals surface area contributed by atoms with E-state index in [4.69, 9.17) is 0 Å². The maximum atomic E-state index is 12.8. The molecule has 1 heterocycles. The van der Waals surface area contributed by atoms with Gasteiger partial charge in [-0.1, -0.05) is 12.1 Å². The third-order valence-corrected chi connectivity index (χ3v) is 4.23. The Morgan fingerprint density at radius 2 is 2.08 bits per heavy atom. The second-order valence-corrected chi connectivity index (χ2v) is 5.97. The first-order chi connectivity index (χ1) is 11.9. The number of likely N-dealkylation sites (tertiary alicyclic amines) is 1. The summed E-state index contributed by atoms with van der Waals surface area (Å²) >= 11 is 0. The third kappa shape index (κ3) is 4.88. The van der Waals surface area contributed by atoms with Gasteiger partial charge in [0.15, 0.2) is 0 Å². The van der Waals surface area contributed by atoms with E-state index in [9.17, 15) is 18.4 Å². The average molecular weight is 355 g/mol. The molecule has 0 saturated carbocycles. The summed E-state index contributed by atoms with van der Waals surface area (Å²) in [6.45, 7) is -0.245. The molecule has 2 N–H and O–H groups in total. The Balaban J connectivity index is 2.11. The summed E-state index contributed by atoms with van der Waals surface area (Å²) in [6, 6.07) is 5.34. The largest absolute Gasteiger partial charge is 0.434 e. The Morgan fingerprint density at radius 3 is 2.76 bits per heavy atom. The fourth-order valence-corrected chi connectivity index (χ4v) is 2.75. The van der Waals surface area contributed by atoms with Crippen LogP contribution in [0.25, 0.3) is 0 Å². The minimum atomic E-state index is -3.02. The molecule has 2 unspecified atom stereocenters. The predicted molar refractivity (Wildman–Crippen MR) is 88.7 cm³/mol. The summed E-state index contributed by atoms with van der Waals surface area (Å²) in [5.74, 6) is -0.895. The van der Waals surface area contributed by atoms with E-state index in [2.05, 4.69) is 15.4 Å². The van der Waals surface area contributed by atoms with Gasteiger partial charge in [0.25, 0.3) is 5.91 Å². The van der Waals surface area contributed by atoms with E-state index in [0.29, 0.717) is 25.9 Å². The number of rotatable bonds is 7. The van der Waals surface area contributed by atoms with Crippen LogP contribution in [0.15, 0.2) is 24.3 Å². The summed E-state index contributed by atoms with van der Waals surface area (Å²) in [4.78, 5) is 26.6. The number of likely N-dealkylation sites (N-methyl/N-ethyl adjacent to an activating group) is 1. The van der Waals surface area contributed by atoms with Crippen LogP contribution in [-0.4, -0.2) is 55.5 Å². The number of ether oxygens (including phenoxy) is 1. The molecule has 2 rings (SSSR count). The SMILES string of the molecule is CNC(C)CNC(=O)C1CCCN1C(=O)c1ccccc1OC(F)F. The molecule has 1 aliphatic heterocycles. The molecular weight excluding hydrogens is 332 g/mol. The van der Waals surface area contributed by atoms with Crippen molar-refractivity contribution in [2.75, 3.05) is 20.1 Å². The van der Waals surface area contributed by atoms with Gasteiger partial charge in [-0.2, -0.15) is 8.78 Å². The quantitative estimate of drug-likeness (QED) is 0.780. The number of hydrogen-bond acceptors (Lipinski definition) is 4. The summed E-state index contributed by atoms with van der Waals surface area (Å²) in [5.41, 5.74) is 0.0334. The highest BCUT2D eigenvalue weighted by Crippen LogP contribution is 2.26. The van der Waals surface area contributed by atoms with Crippen molar-refractivity contribution in [1.29, 1.82) is 0 Å². The topological polar surface area (TPSA) is 70.7 Å². The van der Waals surface area contributed by atoms with Gasteiger partial charge in [0.05, 0.1) is 5.56 Å². The molecule has 1 aromatic carbocycles. The zero-order chi connectivity index (χ0) is 18.4. The summed E-state index contributed by atoms with van der Waals surface area (Å²) in [6.07, 6.45) is 1.23. The Morgan fingerprint density at radius 1 is 1.36 bits per heavy atom. The van der Waals surface area contributed by atoms with Gasteiger partial charge in [-0.3, -0.25) is 9.59 Å². The zero-order valence-corrected chi connectivity index (χ0v) is 14.3. The van der Waals surface area contributed by atoms with Crippen molar-refractivity contribution in [3.63, 3.8) is 0 Å². The van der Waals surface area contributed by atoms with Gasteiger partial charge in [0.1, 0.15) is 11.8 Å². The minimum absolute atomic E-state index is 0.0334. The second-order valence-electron chi connectivity index (χ2n) is 5.97. The second kappa shape index (κ2) is 8.75. The van der Waals surface area contributed by atoms with E-state index >= 15 is 0 Å². The molecule has 2 atom stereocenters. The van der Waals surface area contributed by atoms with Crippen LogP contribution in [0.5, 0.6) is 5.75 Å². The lowest BCUT2D eigenvalue weighted by molar-refractivity contribution is -0.124. The number of para-hydroxylation sites is 1. The van der Waals surface area contributed by atoms with Gasteiger partial charge in [-0.25, -0.2) is 0 Å². The van der Waals surface area contributed by atoms with E-state index in [0.717, 1.165) is 0 Å². The number of benzene rings is 1. The van der Waals surface area contributed by atoms with E-state index < -0.39 is 18.6 Å². The van der Waals surface area contributed by atoms with E-state index in [-0.39, 0.29) is 23.3 Å². The maximum absolute atomic E-state index is 12.8. The fraction of sp³-hybridized carbons (Fsp3) is 0.529. The number of hydrogen-bond donors (Lipinski definition) is 2. The smallest absolute Gasteiger partial charge is 0.387 e. The van der Waals surface area contributed by atoms with Gasteiger partial charge >= 0.3 is 6.61 Å². The number of nitrogens with one attached hydrogen (secondary N) is 2. The molecule has 8 heteroatoms. The van der Waals surface area contributed by atoms with E-state index in [1.165, 1.54) is 23.1 Å². The van der Waals surface area contributed by atoms with Crippen LogP contribution in [0, 0.1) is 0 Å². The lowest BCUT2D eigenvalue weighted by Gasteiger charge is -2.25. The average Bonchev–Trinajstić information content (AvgIpc) is 3.08. The molecule has 138 valence electrons. The molecule has 0 aliphatic carbocycles. The van der Waals surface area contributed by atoms with Crippen LogP contribution in [0.1, 0.15) is 30.1 Å². The molecule has 0 spiro atoms. The number of halogens is 2. The zero-order valence-electron chi connectivity index (χ0n) is 14.3. The predicted octanol–water partition coefficient (Wildman–Crippen LogP) is 1.62. The van der Waals surface area contributed by atoms with Gasteiger partial charge in [-0.15, -0.1) is 0 Å². The van der Waals surface area contributed by atoms with Crippen molar-refractivity contribution in [3.05, 3.63) is 29.8 Å². The van der Waals surface area contributed by atoms with Crippen LogP contribution in [0.3, 0.4) is 0 Å². The highest BCUT2D eigenvalue weighted by Gasteiger charge is 2.35. The lowest BCUT2D eigenvalue weighted by Crippen LogP contribution is -2.48. The molecule has 0 bridgehead atoms. The number of alkyl halides is 2. The summed E-state index contributed by atoms with van der Waals surface area (Å²) in [7, 11) is 1.79. The van der Waals surface area contributed by atoms with Gasteiger partial charge in [0.2, 0.25) is 5.91 Å². The Kier molecular flexibility index (Phi) is 6.69. The van der Waals surface area contributed by atoms with Gasteiger partial charge in [-0.05, 0) is 38.9 Å². The van der Waals surface area contributed by atoms with E-state index in [1.807, 2.05) is 6.92 Å². The molecule has 2 amide bonds. The minimum Gasteiger partial charge on any atom is -0.434 e. The molecule has 1 saturated heterocycles. The molecule has 6 nitrogen and oxygen atoms in total. The van der Waals surface area contributed by atoms with Crippen molar-refractivity contribution in [3.8, 4) is 5.75 Å². The molecule has 1 aliphatic rings. The molecule has 25 heavy (non-hydrogen) atoms. The van der Waals surface area contributed by atoms with Gasteiger partial charge in [0, 0.05) is 19.1 Å². The van der Waals surface area contributed by atoms with Gasteiger partial charge < -0.3 is 20.3 Å². The number of carbonyl (C=O) groups excluding carboxylic acids is 2. The Hall–Kier alpha value is -2.22. The van der Waals surface area contributed by atoms with Crippen molar-refractivity contribution < 1.29 is 23.1 Å². The normalized spacial score (nSPS) is 18.3. The number of nitrogens with zero attached hydrogens (tertiary/aromatic N) is 1. The first-order valence-corrected chi connectivity index (χ1v) is 8.23. The number of amides is 2. The first-order valence-electron chi connectivity index (χ1n) is 8.23. The van der Waals surface area contributed by atoms with Crippen LogP contribution in [0.4, 0.5) is 8.78 Å².